The van der Waals surface area contributed by atoms with E-state index in [0.717, 1.165) is 13.0 Å². The molecule has 41 heavy (non-hydrogen) atoms. The second-order valence-corrected chi connectivity index (χ2v) is 12.0. The predicted molar refractivity (Wildman–Crippen MR) is 161 cm³/mol. The van der Waals surface area contributed by atoms with Crippen LogP contribution in [0.3, 0.4) is 0 Å². The fourth-order valence-electron chi connectivity index (χ4n) is 5.17. The van der Waals surface area contributed by atoms with Crippen molar-refractivity contribution in [1.29, 1.82) is 0 Å². The van der Waals surface area contributed by atoms with Gasteiger partial charge >= 0.3 is 6.03 Å². The monoisotopic (exact) mass is 566 g/mol. The molecular weight excluding hydrogens is 523 g/mol. The van der Waals surface area contributed by atoms with Gasteiger partial charge in [-0.2, -0.15) is 0 Å². The Kier molecular flexibility index (Phi) is 9.91. The highest BCUT2D eigenvalue weighted by atomic mass is 19.1. The van der Waals surface area contributed by atoms with Gasteiger partial charge in [0, 0.05) is 54.6 Å². The zero-order valence-corrected chi connectivity index (χ0v) is 25.1. The molecule has 2 heterocycles. The lowest BCUT2D eigenvalue weighted by atomic mass is 9.92. The summed E-state index contributed by atoms with van der Waals surface area (Å²) in [6, 6.07) is 10.3. The summed E-state index contributed by atoms with van der Waals surface area (Å²) in [7, 11) is 1.59. The lowest BCUT2D eigenvalue weighted by molar-refractivity contribution is 0.0846. The third kappa shape index (κ3) is 8.22. The number of benzene rings is 2. The number of piperidine rings is 1. The van der Waals surface area contributed by atoms with Gasteiger partial charge in [0.15, 0.2) is 23.1 Å². The Balaban J connectivity index is 1.43. The molecule has 2 unspecified atom stereocenters. The number of amides is 2. The molecule has 2 aromatic carbocycles. The maximum absolute atomic E-state index is 15.0. The number of nitrogens with one attached hydrogen (secondary N) is 2. The van der Waals surface area contributed by atoms with Crippen LogP contribution in [0.5, 0.6) is 23.0 Å². The largest absolute Gasteiger partial charge is 0.493 e. The Morgan fingerprint density at radius 3 is 2.49 bits per heavy atom. The molecule has 1 aliphatic rings. The maximum atomic E-state index is 15.0. The molecule has 0 radical (unpaired) electrons. The average molecular weight is 567 g/mol. The number of likely N-dealkylation sites (tertiary alicyclic amines) is 1. The van der Waals surface area contributed by atoms with Gasteiger partial charge in [0.05, 0.1) is 12.6 Å². The Morgan fingerprint density at radius 1 is 1.05 bits per heavy atom. The van der Waals surface area contributed by atoms with Gasteiger partial charge in [-0.3, -0.25) is 9.88 Å². The molecule has 0 saturated carbocycles. The van der Waals surface area contributed by atoms with E-state index in [9.17, 15) is 9.18 Å². The number of aromatic nitrogens is 1. The molecule has 1 aromatic heterocycles. The molecule has 0 aliphatic carbocycles. The highest BCUT2D eigenvalue weighted by Crippen LogP contribution is 2.38. The number of halogens is 1. The molecular formula is C32H43FN4O4. The van der Waals surface area contributed by atoms with E-state index in [4.69, 9.17) is 14.2 Å². The van der Waals surface area contributed by atoms with Crippen LogP contribution in [-0.2, 0) is 0 Å². The van der Waals surface area contributed by atoms with Gasteiger partial charge in [-0.15, -0.1) is 0 Å². The van der Waals surface area contributed by atoms with Crippen LogP contribution in [0.25, 0.3) is 10.9 Å². The standard InChI is InChI=1S/C32H43FN4O4/c1-21-8-7-9-22(2)37(21)16-17-40-30-20-26-24(19-29(30)39-6)27(12-14-34-26)41-28-11-10-23(18-25(28)33)36-31(38)35-15-13-32(3,4)5/h10-12,14,18-22H,7-9,13,15-17H2,1-6H3,(H2,35,36,38). The number of nitrogens with zero attached hydrogens (tertiary/aromatic N) is 2. The molecule has 2 N–H and O–H groups in total. The summed E-state index contributed by atoms with van der Waals surface area (Å²) in [6.07, 6.45) is 6.14. The molecule has 1 aliphatic heterocycles. The molecule has 4 rings (SSSR count). The summed E-state index contributed by atoms with van der Waals surface area (Å²) in [5, 5.41) is 6.12. The summed E-state index contributed by atoms with van der Waals surface area (Å²) >= 11 is 0. The first-order valence-electron chi connectivity index (χ1n) is 14.4. The van der Waals surface area contributed by atoms with Crippen molar-refractivity contribution in [3.05, 3.63) is 48.4 Å². The first kappa shape index (κ1) is 30.4. The van der Waals surface area contributed by atoms with Crippen molar-refractivity contribution in [3.63, 3.8) is 0 Å². The Labute approximate surface area is 242 Å². The average Bonchev–Trinajstić information content (AvgIpc) is 2.91. The highest BCUT2D eigenvalue weighted by molar-refractivity contribution is 5.90. The lowest BCUT2D eigenvalue weighted by Gasteiger charge is -2.38. The van der Waals surface area contributed by atoms with Crippen LogP contribution in [-0.4, -0.2) is 54.8 Å². The van der Waals surface area contributed by atoms with Crippen LogP contribution in [0.2, 0.25) is 0 Å². The van der Waals surface area contributed by atoms with E-state index in [1.807, 2.05) is 6.07 Å². The van der Waals surface area contributed by atoms with Crippen LogP contribution < -0.4 is 24.8 Å². The fraction of sp³-hybridized carbons (Fsp3) is 0.500. The lowest BCUT2D eigenvalue weighted by Crippen LogP contribution is -2.45. The number of carbonyl (C=O) groups is 1. The smallest absolute Gasteiger partial charge is 0.319 e. The van der Waals surface area contributed by atoms with Crippen molar-refractivity contribution in [2.75, 3.05) is 32.1 Å². The van der Waals surface area contributed by atoms with E-state index in [1.54, 1.807) is 31.5 Å². The van der Waals surface area contributed by atoms with Crippen LogP contribution in [0, 0.1) is 11.2 Å². The second kappa shape index (κ2) is 13.4. The predicted octanol–water partition coefficient (Wildman–Crippen LogP) is 7.37. The van der Waals surface area contributed by atoms with Crippen molar-refractivity contribution in [3.8, 4) is 23.0 Å². The minimum atomic E-state index is -0.601. The van der Waals surface area contributed by atoms with E-state index in [2.05, 4.69) is 55.1 Å². The zero-order chi connectivity index (χ0) is 29.6. The third-order valence-electron chi connectivity index (χ3n) is 7.54. The summed E-state index contributed by atoms with van der Waals surface area (Å²) in [4.78, 5) is 19.2. The molecule has 2 atom stereocenters. The quantitative estimate of drug-likeness (QED) is 0.266. The van der Waals surface area contributed by atoms with Crippen molar-refractivity contribution in [1.82, 2.24) is 15.2 Å². The van der Waals surface area contributed by atoms with Crippen molar-refractivity contribution >= 4 is 22.6 Å². The summed E-state index contributed by atoms with van der Waals surface area (Å²) < 4.78 is 32.7. The van der Waals surface area contributed by atoms with Gasteiger partial charge < -0.3 is 24.8 Å². The third-order valence-corrected chi connectivity index (χ3v) is 7.54. The Morgan fingerprint density at radius 2 is 1.80 bits per heavy atom. The number of hydrogen-bond donors (Lipinski definition) is 2. The minimum Gasteiger partial charge on any atom is -0.493 e. The van der Waals surface area contributed by atoms with Gasteiger partial charge in [-0.05, 0) is 62.8 Å². The molecule has 0 spiro atoms. The van der Waals surface area contributed by atoms with Gasteiger partial charge in [-0.25, -0.2) is 9.18 Å². The second-order valence-electron chi connectivity index (χ2n) is 12.0. The molecule has 1 saturated heterocycles. The number of pyridine rings is 1. The highest BCUT2D eigenvalue weighted by Gasteiger charge is 2.24. The first-order valence-corrected chi connectivity index (χ1v) is 14.4. The number of hydrogen-bond acceptors (Lipinski definition) is 6. The Bertz CT molecular complexity index is 1330. The van der Waals surface area contributed by atoms with Gasteiger partial charge in [0.1, 0.15) is 12.4 Å². The van der Waals surface area contributed by atoms with E-state index in [1.165, 1.54) is 31.4 Å². The summed E-state index contributed by atoms with van der Waals surface area (Å²) in [6.45, 7) is 12.8. The van der Waals surface area contributed by atoms with E-state index in [0.29, 0.717) is 59.1 Å². The van der Waals surface area contributed by atoms with Crippen molar-refractivity contribution < 1.29 is 23.4 Å². The summed E-state index contributed by atoms with van der Waals surface area (Å²) in [5.41, 5.74) is 1.08. The molecule has 2 amide bonds. The molecule has 222 valence electrons. The van der Waals surface area contributed by atoms with E-state index >= 15 is 0 Å². The molecule has 0 bridgehead atoms. The molecule has 3 aromatic rings. The van der Waals surface area contributed by atoms with E-state index < -0.39 is 5.82 Å². The topological polar surface area (TPSA) is 85.0 Å². The molecule has 9 heteroatoms. The van der Waals surface area contributed by atoms with Gasteiger partial charge in [0.25, 0.3) is 0 Å². The van der Waals surface area contributed by atoms with Crippen LogP contribution in [0.15, 0.2) is 42.6 Å². The van der Waals surface area contributed by atoms with Crippen LogP contribution in [0.1, 0.15) is 60.3 Å². The van der Waals surface area contributed by atoms with Crippen molar-refractivity contribution in [2.45, 2.75) is 72.4 Å². The van der Waals surface area contributed by atoms with Crippen LogP contribution in [0.4, 0.5) is 14.9 Å². The number of anilines is 1. The Hall–Kier alpha value is -3.59. The van der Waals surface area contributed by atoms with Crippen LogP contribution >= 0.6 is 0 Å². The van der Waals surface area contributed by atoms with Crippen molar-refractivity contribution in [2.24, 2.45) is 5.41 Å². The minimum absolute atomic E-state index is 0.0280. The number of urea groups is 1. The number of carbonyl (C=O) groups excluding carboxylic acids is 1. The summed E-state index contributed by atoms with van der Waals surface area (Å²) in [5.74, 6) is 1.00. The number of methoxy groups -OCH3 is 1. The number of fused-ring (bicyclic) bond motifs is 1. The zero-order valence-electron chi connectivity index (χ0n) is 25.1. The molecule has 1 fully saturated rings. The maximum Gasteiger partial charge on any atom is 0.319 e. The molecule has 8 nitrogen and oxygen atoms in total. The SMILES string of the molecule is COc1cc2c(Oc3ccc(NC(=O)NCCC(C)(C)C)cc3F)ccnc2cc1OCCN1C(C)CCCC1C. The van der Waals surface area contributed by atoms with Gasteiger partial charge in [0.2, 0.25) is 0 Å². The number of ether oxygens (including phenoxy) is 3. The first-order chi connectivity index (χ1) is 19.5. The fourth-order valence-corrected chi connectivity index (χ4v) is 5.17. The number of rotatable bonds is 10. The normalized spacial score (nSPS) is 17.7. The van der Waals surface area contributed by atoms with E-state index in [-0.39, 0.29) is 17.2 Å². The van der Waals surface area contributed by atoms with Gasteiger partial charge in [-0.1, -0.05) is 27.2 Å².